The Bertz CT molecular complexity index is 462. The first kappa shape index (κ1) is 14.9. The smallest absolute Gasteiger partial charge is 0.124 e. The van der Waals surface area contributed by atoms with Gasteiger partial charge < -0.3 is 15.2 Å². The first-order chi connectivity index (χ1) is 10.3. The highest BCUT2D eigenvalue weighted by molar-refractivity contribution is 5.35. The summed E-state index contributed by atoms with van der Waals surface area (Å²) in [5.74, 6) is 3.67. The van der Waals surface area contributed by atoms with Gasteiger partial charge in [-0.1, -0.05) is 24.6 Å². The van der Waals surface area contributed by atoms with Gasteiger partial charge in [-0.2, -0.15) is 0 Å². The first-order valence-electron chi connectivity index (χ1n) is 8.24. The molecule has 2 N–H and O–H groups in total. The van der Waals surface area contributed by atoms with E-state index in [4.69, 9.17) is 15.2 Å². The zero-order chi connectivity index (χ0) is 14.7. The normalized spacial score (nSPS) is 28.8. The minimum Gasteiger partial charge on any atom is -0.491 e. The lowest BCUT2D eigenvalue weighted by molar-refractivity contribution is 0.145. The van der Waals surface area contributed by atoms with Crippen LogP contribution in [0.25, 0.3) is 0 Å². The Morgan fingerprint density at radius 1 is 1.19 bits per heavy atom. The topological polar surface area (TPSA) is 44.5 Å². The third-order valence-corrected chi connectivity index (χ3v) is 5.30. The lowest BCUT2D eigenvalue weighted by Gasteiger charge is -2.25. The largest absolute Gasteiger partial charge is 0.491 e. The Balaban J connectivity index is 1.62. The maximum absolute atomic E-state index is 6.50. The van der Waals surface area contributed by atoms with E-state index in [1.165, 1.54) is 25.7 Å². The molecule has 21 heavy (non-hydrogen) atoms. The summed E-state index contributed by atoms with van der Waals surface area (Å²) in [7, 11) is 1.69. The molecule has 3 heteroatoms. The van der Waals surface area contributed by atoms with Gasteiger partial charge in [-0.3, -0.25) is 0 Å². The number of methoxy groups -OCH3 is 1. The van der Waals surface area contributed by atoms with Crippen molar-refractivity contribution in [2.45, 2.75) is 38.1 Å². The molecule has 0 saturated heterocycles. The van der Waals surface area contributed by atoms with Crippen molar-refractivity contribution in [3.8, 4) is 5.75 Å². The summed E-state index contributed by atoms with van der Waals surface area (Å²) in [5.41, 5.74) is 7.65. The van der Waals surface area contributed by atoms with Gasteiger partial charge >= 0.3 is 0 Å². The van der Waals surface area contributed by atoms with Crippen LogP contribution in [0.15, 0.2) is 24.3 Å². The molecule has 4 atom stereocenters. The molecule has 2 saturated carbocycles. The minimum absolute atomic E-state index is 0.0908. The molecule has 116 valence electrons. The molecule has 2 fully saturated rings. The predicted molar refractivity (Wildman–Crippen MR) is 84.3 cm³/mol. The Morgan fingerprint density at radius 2 is 2.05 bits per heavy atom. The molecule has 2 aliphatic rings. The molecule has 2 bridgehead atoms. The standard InChI is InChI=1S/C18H27NO2/c1-20-8-9-21-18-5-3-2-4-16(18)17(19)12-15-11-13-6-7-14(15)10-13/h2-5,13-15,17H,6-12,19H2,1H3. The van der Waals surface area contributed by atoms with Crippen molar-refractivity contribution in [3.63, 3.8) is 0 Å². The summed E-state index contributed by atoms with van der Waals surface area (Å²) >= 11 is 0. The van der Waals surface area contributed by atoms with Crippen LogP contribution >= 0.6 is 0 Å². The molecular weight excluding hydrogens is 262 g/mol. The highest BCUT2D eigenvalue weighted by Gasteiger charge is 2.40. The van der Waals surface area contributed by atoms with Crippen molar-refractivity contribution in [1.82, 2.24) is 0 Å². The monoisotopic (exact) mass is 289 g/mol. The average Bonchev–Trinajstić information content (AvgIpc) is 3.10. The maximum atomic E-state index is 6.50. The third-order valence-electron chi connectivity index (χ3n) is 5.30. The molecule has 0 heterocycles. The molecule has 0 aliphatic heterocycles. The molecule has 1 aromatic rings. The number of fused-ring (bicyclic) bond motifs is 2. The fourth-order valence-electron chi connectivity index (χ4n) is 4.27. The van der Waals surface area contributed by atoms with E-state index in [1.54, 1.807) is 7.11 Å². The van der Waals surface area contributed by atoms with Crippen molar-refractivity contribution in [2.75, 3.05) is 20.3 Å². The molecule has 2 aliphatic carbocycles. The summed E-state index contributed by atoms with van der Waals surface area (Å²) in [5, 5.41) is 0. The van der Waals surface area contributed by atoms with Crippen LogP contribution in [0.5, 0.6) is 5.75 Å². The summed E-state index contributed by atoms with van der Waals surface area (Å²) in [4.78, 5) is 0. The fourth-order valence-corrected chi connectivity index (χ4v) is 4.27. The molecule has 3 nitrogen and oxygen atoms in total. The first-order valence-corrected chi connectivity index (χ1v) is 8.24. The minimum atomic E-state index is 0.0908. The van der Waals surface area contributed by atoms with Crippen molar-refractivity contribution < 1.29 is 9.47 Å². The van der Waals surface area contributed by atoms with Gasteiger partial charge in [0.15, 0.2) is 0 Å². The lowest BCUT2D eigenvalue weighted by atomic mass is 9.83. The number of ether oxygens (including phenoxy) is 2. The van der Waals surface area contributed by atoms with Crippen molar-refractivity contribution in [3.05, 3.63) is 29.8 Å². The highest BCUT2D eigenvalue weighted by atomic mass is 16.5. The molecular formula is C18H27NO2. The van der Waals surface area contributed by atoms with E-state index in [9.17, 15) is 0 Å². The molecule has 4 unspecified atom stereocenters. The van der Waals surface area contributed by atoms with Gasteiger partial charge in [-0.25, -0.2) is 0 Å². The quantitative estimate of drug-likeness (QED) is 0.781. The van der Waals surface area contributed by atoms with Gasteiger partial charge in [0, 0.05) is 18.7 Å². The van der Waals surface area contributed by atoms with Crippen LogP contribution in [0.3, 0.4) is 0 Å². The fraction of sp³-hybridized carbons (Fsp3) is 0.667. The van der Waals surface area contributed by atoms with Crippen LogP contribution in [0.1, 0.15) is 43.7 Å². The van der Waals surface area contributed by atoms with E-state index in [0.29, 0.717) is 13.2 Å². The Hall–Kier alpha value is -1.06. The van der Waals surface area contributed by atoms with Gasteiger partial charge in [0.2, 0.25) is 0 Å². The van der Waals surface area contributed by atoms with Crippen LogP contribution in [0.4, 0.5) is 0 Å². The maximum Gasteiger partial charge on any atom is 0.124 e. The van der Waals surface area contributed by atoms with Crippen LogP contribution in [-0.4, -0.2) is 20.3 Å². The zero-order valence-electron chi connectivity index (χ0n) is 13.0. The van der Waals surface area contributed by atoms with Crippen LogP contribution in [-0.2, 0) is 4.74 Å². The van der Waals surface area contributed by atoms with Gasteiger partial charge in [0.05, 0.1) is 6.61 Å². The van der Waals surface area contributed by atoms with E-state index in [2.05, 4.69) is 12.1 Å². The average molecular weight is 289 g/mol. The van der Waals surface area contributed by atoms with Gasteiger partial charge in [0.1, 0.15) is 12.4 Å². The number of hydrogen-bond acceptors (Lipinski definition) is 3. The summed E-state index contributed by atoms with van der Waals surface area (Å²) in [6.45, 7) is 1.18. The number of hydrogen-bond donors (Lipinski definition) is 1. The number of nitrogens with two attached hydrogens (primary N) is 1. The predicted octanol–water partition coefficient (Wildman–Crippen LogP) is 3.54. The van der Waals surface area contributed by atoms with Crippen molar-refractivity contribution in [2.24, 2.45) is 23.5 Å². The van der Waals surface area contributed by atoms with Crippen LogP contribution in [0, 0.1) is 17.8 Å². The summed E-state index contributed by atoms with van der Waals surface area (Å²) in [6, 6.07) is 8.29. The molecule has 0 amide bonds. The van der Waals surface area contributed by atoms with Crippen molar-refractivity contribution in [1.29, 1.82) is 0 Å². The van der Waals surface area contributed by atoms with Crippen LogP contribution in [0.2, 0.25) is 0 Å². The Kier molecular flexibility index (Phi) is 4.81. The van der Waals surface area contributed by atoms with E-state index >= 15 is 0 Å². The van der Waals surface area contributed by atoms with Gasteiger partial charge in [0.25, 0.3) is 0 Å². The van der Waals surface area contributed by atoms with E-state index in [0.717, 1.165) is 35.5 Å². The lowest BCUT2D eigenvalue weighted by Crippen LogP contribution is -2.20. The zero-order valence-corrected chi connectivity index (χ0v) is 13.0. The second kappa shape index (κ2) is 6.80. The highest BCUT2D eigenvalue weighted by Crippen LogP contribution is 2.51. The summed E-state index contributed by atoms with van der Waals surface area (Å²) in [6.07, 6.45) is 6.82. The summed E-state index contributed by atoms with van der Waals surface area (Å²) < 4.78 is 10.9. The number of rotatable bonds is 7. The SMILES string of the molecule is COCCOc1ccccc1C(N)CC1CC2CCC1C2. The molecule has 0 aromatic heterocycles. The number of para-hydroxylation sites is 1. The Labute approximate surface area is 127 Å². The van der Waals surface area contributed by atoms with E-state index in [1.807, 2.05) is 12.1 Å². The third kappa shape index (κ3) is 3.41. The number of benzene rings is 1. The molecule has 0 spiro atoms. The second-order valence-electron chi connectivity index (χ2n) is 6.66. The van der Waals surface area contributed by atoms with E-state index in [-0.39, 0.29) is 6.04 Å². The molecule has 1 aromatic carbocycles. The van der Waals surface area contributed by atoms with E-state index < -0.39 is 0 Å². The molecule has 0 radical (unpaired) electrons. The van der Waals surface area contributed by atoms with Gasteiger partial charge in [-0.15, -0.1) is 0 Å². The van der Waals surface area contributed by atoms with Crippen LogP contribution < -0.4 is 10.5 Å². The second-order valence-corrected chi connectivity index (χ2v) is 6.66. The van der Waals surface area contributed by atoms with Gasteiger partial charge in [-0.05, 0) is 49.5 Å². The molecule has 3 rings (SSSR count). The van der Waals surface area contributed by atoms with Crippen molar-refractivity contribution >= 4 is 0 Å². The Morgan fingerprint density at radius 3 is 2.76 bits per heavy atom.